The molecule has 0 aliphatic carbocycles. The van der Waals surface area contributed by atoms with E-state index < -0.39 is 0 Å². The smallest absolute Gasteiger partial charge is 0.330 e. The first-order valence-electron chi connectivity index (χ1n) is 7.91. The Balaban J connectivity index is 2.11. The van der Waals surface area contributed by atoms with Gasteiger partial charge in [-0.05, 0) is 54.3 Å². The maximum atomic E-state index is 11.4. The van der Waals surface area contributed by atoms with Crippen molar-refractivity contribution in [2.24, 2.45) is 0 Å². The molecule has 0 atom stereocenters. The van der Waals surface area contributed by atoms with E-state index in [9.17, 15) is 4.79 Å². The van der Waals surface area contributed by atoms with Gasteiger partial charge in [0.25, 0.3) is 0 Å². The van der Waals surface area contributed by atoms with Crippen LogP contribution in [0.25, 0.3) is 17.2 Å². The summed E-state index contributed by atoms with van der Waals surface area (Å²) in [4.78, 5) is 11.4. The van der Waals surface area contributed by atoms with Crippen molar-refractivity contribution in [1.82, 2.24) is 0 Å². The highest BCUT2D eigenvalue weighted by molar-refractivity contribution is 5.87. The second-order valence-corrected chi connectivity index (χ2v) is 5.08. The SMILES string of the molecule is CCCOc1ccc(-c2cccc(C=CC(=O)OCC)c2)cc1. The van der Waals surface area contributed by atoms with Gasteiger partial charge in [0, 0.05) is 6.08 Å². The van der Waals surface area contributed by atoms with Crippen LogP contribution in [0.3, 0.4) is 0 Å². The Hall–Kier alpha value is -2.55. The normalized spacial score (nSPS) is 10.7. The van der Waals surface area contributed by atoms with E-state index >= 15 is 0 Å². The minimum Gasteiger partial charge on any atom is -0.494 e. The molecule has 0 amide bonds. The van der Waals surface area contributed by atoms with Gasteiger partial charge in [0.05, 0.1) is 13.2 Å². The van der Waals surface area contributed by atoms with Crippen molar-refractivity contribution in [3.05, 3.63) is 60.2 Å². The number of hydrogen-bond acceptors (Lipinski definition) is 3. The van der Waals surface area contributed by atoms with Crippen molar-refractivity contribution < 1.29 is 14.3 Å². The number of esters is 1. The van der Waals surface area contributed by atoms with Crippen LogP contribution in [0.1, 0.15) is 25.8 Å². The average molecular weight is 310 g/mol. The maximum Gasteiger partial charge on any atom is 0.330 e. The first kappa shape index (κ1) is 16.8. The quantitative estimate of drug-likeness (QED) is 0.548. The van der Waals surface area contributed by atoms with Crippen LogP contribution in [0.2, 0.25) is 0 Å². The molecule has 0 unspecified atom stereocenters. The molecule has 0 saturated heterocycles. The van der Waals surface area contributed by atoms with Gasteiger partial charge in [0.1, 0.15) is 5.75 Å². The highest BCUT2D eigenvalue weighted by Crippen LogP contribution is 2.23. The van der Waals surface area contributed by atoms with Crippen LogP contribution in [0, 0.1) is 0 Å². The van der Waals surface area contributed by atoms with Gasteiger partial charge in [-0.1, -0.05) is 37.3 Å². The summed E-state index contributed by atoms with van der Waals surface area (Å²) in [6.45, 7) is 4.99. The molecule has 0 heterocycles. The van der Waals surface area contributed by atoms with Gasteiger partial charge in [-0.25, -0.2) is 4.79 Å². The number of carbonyl (C=O) groups is 1. The lowest BCUT2D eigenvalue weighted by atomic mass is 10.0. The summed E-state index contributed by atoms with van der Waals surface area (Å²) in [5, 5.41) is 0. The van der Waals surface area contributed by atoms with Crippen LogP contribution < -0.4 is 4.74 Å². The molecule has 0 aliphatic rings. The summed E-state index contributed by atoms with van der Waals surface area (Å²) < 4.78 is 10.5. The van der Waals surface area contributed by atoms with Gasteiger partial charge in [-0.3, -0.25) is 0 Å². The van der Waals surface area contributed by atoms with E-state index in [0.717, 1.165) is 35.5 Å². The zero-order chi connectivity index (χ0) is 16.5. The van der Waals surface area contributed by atoms with Gasteiger partial charge >= 0.3 is 5.97 Å². The van der Waals surface area contributed by atoms with E-state index in [1.54, 1.807) is 13.0 Å². The summed E-state index contributed by atoms with van der Waals surface area (Å²) in [6, 6.07) is 16.1. The van der Waals surface area contributed by atoms with E-state index in [2.05, 4.69) is 6.92 Å². The standard InChI is InChI=1S/C20H22O3/c1-3-14-23-19-11-9-17(10-12-19)18-7-5-6-16(15-18)8-13-20(21)22-4-2/h5-13,15H,3-4,14H2,1-2H3. The monoisotopic (exact) mass is 310 g/mol. The Labute approximate surface area is 137 Å². The number of carbonyl (C=O) groups excluding carboxylic acids is 1. The summed E-state index contributed by atoms with van der Waals surface area (Å²) >= 11 is 0. The maximum absolute atomic E-state index is 11.4. The summed E-state index contributed by atoms with van der Waals surface area (Å²) in [7, 11) is 0. The number of ether oxygens (including phenoxy) is 2. The second kappa shape index (κ2) is 8.79. The molecule has 0 spiro atoms. The van der Waals surface area contributed by atoms with E-state index in [1.165, 1.54) is 6.08 Å². The van der Waals surface area contributed by atoms with Crippen LogP contribution in [0.4, 0.5) is 0 Å². The fraction of sp³-hybridized carbons (Fsp3) is 0.250. The summed E-state index contributed by atoms with van der Waals surface area (Å²) in [6.07, 6.45) is 4.21. The Morgan fingerprint density at radius 2 is 1.83 bits per heavy atom. The zero-order valence-corrected chi connectivity index (χ0v) is 13.6. The number of benzene rings is 2. The van der Waals surface area contributed by atoms with Crippen molar-refractivity contribution in [2.75, 3.05) is 13.2 Å². The van der Waals surface area contributed by atoms with E-state index in [1.807, 2.05) is 48.5 Å². The predicted octanol–water partition coefficient (Wildman–Crippen LogP) is 4.72. The van der Waals surface area contributed by atoms with Crippen LogP contribution in [-0.2, 0) is 9.53 Å². The minimum atomic E-state index is -0.324. The third kappa shape index (κ3) is 5.29. The van der Waals surface area contributed by atoms with Crippen LogP contribution in [-0.4, -0.2) is 19.2 Å². The molecule has 2 rings (SSSR count). The molecular weight excluding hydrogens is 288 g/mol. The highest BCUT2D eigenvalue weighted by atomic mass is 16.5. The second-order valence-electron chi connectivity index (χ2n) is 5.08. The van der Waals surface area contributed by atoms with Crippen molar-refractivity contribution >= 4 is 12.0 Å². The average Bonchev–Trinajstić information content (AvgIpc) is 2.59. The summed E-state index contributed by atoms with van der Waals surface area (Å²) in [5.41, 5.74) is 3.17. The molecular formula is C20H22O3. The molecule has 0 radical (unpaired) electrons. The highest BCUT2D eigenvalue weighted by Gasteiger charge is 2.00. The fourth-order valence-electron chi connectivity index (χ4n) is 2.14. The van der Waals surface area contributed by atoms with E-state index in [-0.39, 0.29) is 5.97 Å². The Morgan fingerprint density at radius 3 is 2.52 bits per heavy atom. The third-order valence-corrected chi connectivity index (χ3v) is 3.25. The first-order valence-corrected chi connectivity index (χ1v) is 7.91. The lowest BCUT2D eigenvalue weighted by molar-refractivity contribution is -0.137. The predicted molar refractivity (Wildman–Crippen MR) is 93.3 cm³/mol. The third-order valence-electron chi connectivity index (χ3n) is 3.25. The molecule has 3 heteroatoms. The molecule has 0 fully saturated rings. The molecule has 0 aromatic heterocycles. The van der Waals surface area contributed by atoms with Crippen molar-refractivity contribution in [1.29, 1.82) is 0 Å². The Kier molecular flexibility index (Phi) is 6.42. The van der Waals surface area contributed by atoms with Gasteiger partial charge in [-0.15, -0.1) is 0 Å². The topological polar surface area (TPSA) is 35.5 Å². The molecule has 23 heavy (non-hydrogen) atoms. The van der Waals surface area contributed by atoms with Gasteiger partial charge in [0.2, 0.25) is 0 Å². The minimum absolute atomic E-state index is 0.324. The van der Waals surface area contributed by atoms with Gasteiger partial charge in [0.15, 0.2) is 0 Å². The Bertz CT molecular complexity index is 657. The molecule has 0 N–H and O–H groups in total. The van der Waals surface area contributed by atoms with Gasteiger partial charge < -0.3 is 9.47 Å². The summed E-state index contributed by atoms with van der Waals surface area (Å²) in [5.74, 6) is 0.560. The number of hydrogen-bond donors (Lipinski definition) is 0. The van der Waals surface area contributed by atoms with E-state index in [4.69, 9.17) is 9.47 Å². The molecule has 2 aromatic rings. The largest absolute Gasteiger partial charge is 0.494 e. The van der Waals surface area contributed by atoms with Crippen molar-refractivity contribution in [3.63, 3.8) is 0 Å². The van der Waals surface area contributed by atoms with Crippen molar-refractivity contribution in [2.45, 2.75) is 20.3 Å². The van der Waals surface area contributed by atoms with Gasteiger partial charge in [-0.2, -0.15) is 0 Å². The lowest BCUT2D eigenvalue weighted by Crippen LogP contribution is -1.98. The zero-order valence-electron chi connectivity index (χ0n) is 13.6. The molecule has 2 aromatic carbocycles. The first-order chi connectivity index (χ1) is 11.2. The van der Waals surface area contributed by atoms with Crippen molar-refractivity contribution in [3.8, 4) is 16.9 Å². The number of rotatable bonds is 7. The fourth-order valence-corrected chi connectivity index (χ4v) is 2.14. The van der Waals surface area contributed by atoms with Crippen LogP contribution in [0.15, 0.2) is 54.6 Å². The van der Waals surface area contributed by atoms with Crippen LogP contribution in [0.5, 0.6) is 5.75 Å². The molecule has 3 nitrogen and oxygen atoms in total. The molecule has 120 valence electrons. The molecule has 0 aliphatic heterocycles. The van der Waals surface area contributed by atoms with E-state index in [0.29, 0.717) is 6.61 Å². The molecule has 0 saturated carbocycles. The Morgan fingerprint density at radius 1 is 1.04 bits per heavy atom. The lowest BCUT2D eigenvalue weighted by Gasteiger charge is -2.07. The van der Waals surface area contributed by atoms with Crippen LogP contribution >= 0.6 is 0 Å². The molecule has 0 bridgehead atoms.